The van der Waals surface area contributed by atoms with Crippen LogP contribution < -0.4 is 10.6 Å². The average molecular weight is 259 g/mol. The predicted molar refractivity (Wildman–Crippen MR) is 76.3 cm³/mol. The molecule has 0 atom stereocenters. The normalized spacial score (nSPS) is 17.1. The summed E-state index contributed by atoms with van der Waals surface area (Å²) < 4.78 is 5.49. The first-order chi connectivity index (χ1) is 9.31. The number of oxazole rings is 1. The van der Waals surface area contributed by atoms with E-state index in [0.717, 1.165) is 43.0 Å². The molecule has 1 fully saturated rings. The van der Waals surface area contributed by atoms with Gasteiger partial charge in [-0.05, 0) is 56.6 Å². The number of hydrogen-bond donors (Lipinski definition) is 2. The van der Waals surface area contributed by atoms with Crippen molar-refractivity contribution in [1.29, 1.82) is 0 Å². The molecular formula is C15H21N3O. The maximum absolute atomic E-state index is 5.49. The van der Waals surface area contributed by atoms with Crippen LogP contribution in [0.1, 0.15) is 24.3 Å². The zero-order valence-corrected chi connectivity index (χ0v) is 11.4. The molecule has 102 valence electrons. The van der Waals surface area contributed by atoms with Crippen LogP contribution in [0.25, 0.3) is 11.1 Å². The lowest BCUT2D eigenvalue weighted by Crippen LogP contribution is -2.40. The number of piperidine rings is 1. The highest BCUT2D eigenvalue weighted by Crippen LogP contribution is 2.17. The van der Waals surface area contributed by atoms with E-state index in [0.29, 0.717) is 6.04 Å². The lowest BCUT2D eigenvalue weighted by Gasteiger charge is -2.23. The Kier molecular flexibility index (Phi) is 3.80. The Balaban J connectivity index is 1.55. The Morgan fingerprint density at radius 1 is 1.37 bits per heavy atom. The Labute approximate surface area is 113 Å². The smallest absolute Gasteiger partial charge is 0.192 e. The SMILES string of the molecule is Cc1nc2cc(CCNC3CCNCC3)ccc2o1. The molecule has 0 amide bonds. The van der Waals surface area contributed by atoms with Crippen LogP contribution >= 0.6 is 0 Å². The van der Waals surface area contributed by atoms with E-state index in [1.54, 1.807) is 0 Å². The van der Waals surface area contributed by atoms with Crippen molar-refractivity contribution in [3.63, 3.8) is 0 Å². The van der Waals surface area contributed by atoms with Crippen LogP contribution in [-0.2, 0) is 6.42 Å². The van der Waals surface area contributed by atoms with E-state index < -0.39 is 0 Å². The molecule has 0 aliphatic carbocycles. The van der Waals surface area contributed by atoms with E-state index in [2.05, 4.69) is 27.8 Å². The number of hydrogen-bond acceptors (Lipinski definition) is 4. The van der Waals surface area contributed by atoms with Gasteiger partial charge in [0.2, 0.25) is 0 Å². The number of nitrogens with one attached hydrogen (secondary N) is 2. The van der Waals surface area contributed by atoms with Gasteiger partial charge in [0.15, 0.2) is 11.5 Å². The summed E-state index contributed by atoms with van der Waals surface area (Å²) in [5.41, 5.74) is 3.17. The summed E-state index contributed by atoms with van der Waals surface area (Å²) in [6.45, 7) is 5.20. The second kappa shape index (κ2) is 5.72. The van der Waals surface area contributed by atoms with E-state index in [-0.39, 0.29) is 0 Å². The molecule has 4 nitrogen and oxygen atoms in total. The van der Waals surface area contributed by atoms with E-state index in [4.69, 9.17) is 4.42 Å². The van der Waals surface area contributed by atoms with Crippen molar-refractivity contribution >= 4 is 11.1 Å². The van der Waals surface area contributed by atoms with E-state index in [1.165, 1.54) is 18.4 Å². The molecule has 1 saturated heterocycles. The molecule has 3 rings (SSSR count). The Morgan fingerprint density at radius 2 is 2.21 bits per heavy atom. The van der Waals surface area contributed by atoms with Crippen LogP contribution in [0, 0.1) is 6.92 Å². The number of benzene rings is 1. The molecule has 0 unspecified atom stereocenters. The molecule has 1 aliphatic rings. The van der Waals surface area contributed by atoms with Gasteiger partial charge in [-0.1, -0.05) is 6.07 Å². The molecule has 4 heteroatoms. The highest BCUT2D eigenvalue weighted by molar-refractivity contribution is 5.73. The van der Waals surface area contributed by atoms with Crippen LogP contribution in [0.4, 0.5) is 0 Å². The zero-order chi connectivity index (χ0) is 13.1. The maximum Gasteiger partial charge on any atom is 0.192 e. The van der Waals surface area contributed by atoms with Gasteiger partial charge in [-0.25, -0.2) is 4.98 Å². The molecule has 1 aromatic carbocycles. The zero-order valence-electron chi connectivity index (χ0n) is 11.4. The van der Waals surface area contributed by atoms with Crippen molar-refractivity contribution in [2.45, 2.75) is 32.2 Å². The topological polar surface area (TPSA) is 50.1 Å². The summed E-state index contributed by atoms with van der Waals surface area (Å²) in [6.07, 6.45) is 3.52. The van der Waals surface area contributed by atoms with Crippen molar-refractivity contribution in [1.82, 2.24) is 15.6 Å². The minimum atomic E-state index is 0.680. The van der Waals surface area contributed by atoms with E-state index in [9.17, 15) is 0 Å². The van der Waals surface area contributed by atoms with Gasteiger partial charge < -0.3 is 15.1 Å². The molecule has 2 N–H and O–H groups in total. The first-order valence-electron chi connectivity index (χ1n) is 7.11. The maximum atomic E-state index is 5.49. The van der Waals surface area contributed by atoms with Gasteiger partial charge in [0.05, 0.1) is 0 Å². The summed E-state index contributed by atoms with van der Waals surface area (Å²) in [4.78, 5) is 4.38. The van der Waals surface area contributed by atoms with E-state index in [1.807, 2.05) is 13.0 Å². The summed E-state index contributed by atoms with van der Waals surface area (Å²) in [7, 11) is 0. The fourth-order valence-corrected chi connectivity index (χ4v) is 2.69. The van der Waals surface area contributed by atoms with Crippen molar-refractivity contribution in [3.05, 3.63) is 29.7 Å². The van der Waals surface area contributed by atoms with Crippen molar-refractivity contribution in [3.8, 4) is 0 Å². The van der Waals surface area contributed by atoms with Crippen molar-refractivity contribution < 1.29 is 4.42 Å². The number of fused-ring (bicyclic) bond motifs is 1. The highest BCUT2D eigenvalue weighted by Gasteiger charge is 2.11. The van der Waals surface area contributed by atoms with Crippen molar-refractivity contribution in [2.75, 3.05) is 19.6 Å². The van der Waals surface area contributed by atoms with Crippen LogP contribution in [-0.4, -0.2) is 30.7 Å². The lowest BCUT2D eigenvalue weighted by atomic mass is 10.1. The molecule has 0 bridgehead atoms. The number of aryl methyl sites for hydroxylation is 1. The third kappa shape index (κ3) is 3.14. The van der Waals surface area contributed by atoms with Crippen LogP contribution in [0.2, 0.25) is 0 Å². The van der Waals surface area contributed by atoms with Crippen LogP contribution in [0.5, 0.6) is 0 Å². The number of rotatable bonds is 4. The Morgan fingerprint density at radius 3 is 3.05 bits per heavy atom. The highest BCUT2D eigenvalue weighted by atomic mass is 16.3. The minimum Gasteiger partial charge on any atom is -0.441 e. The molecule has 1 aromatic heterocycles. The third-order valence-corrected chi connectivity index (χ3v) is 3.74. The van der Waals surface area contributed by atoms with Gasteiger partial charge in [0.1, 0.15) is 5.52 Å². The third-order valence-electron chi connectivity index (χ3n) is 3.74. The minimum absolute atomic E-state index is 0.680. The summed E-state index contributed by atoms with van der Waals surface area (Å²) in [5.74, 6) is 0.736. The standard InChI is InChI=1S/C15H21N3O/c1-11-18-14-10-12(2-3-15(14)19-11)4-9-17-13-5-7-16-8-6-13/h2-3,10,13,16-17H,4-9H2,1H3. The monoisotopic (exact) mass is 259 g/mol. The van der Waals surface area contributed by atoms with Crippen LogP contribution in [0.3, 0.4) is 0 Å². The van der Waals surface area contributed by atoms with Gasteiger partial charge in [0.25, 0.3) is 0 Å². The predicted octanol–water partition coefficient (Wildman–Crippen LogP) is 2.02. The molecule has 2 aromatic rings. The molecule has 2 heterocycles. The first kappa shape index (κ1) is 12.6. The van der Waals surface area contributed by atoms with Gasteiger partial charge in [-0.15, -0.1) is 0 Å². The largest absolute Gasteiger partial charge is 0.441 e. The summed E-state index contributed by atoms with van der Waals surface area (Å²) >= 11 is 0. The van der Waals surface area contributed by atoms with E-state index >= 15 is 0 Å². The molecular weight excluding hydrogens is 238 g/mol. The second-order valence-corrected chi connectivity index (χ2v) is 5.26. The quantitative estimate of drug-likeness (QED) is 0.882. The Bertz CT molecular complexity index is 543. The fraction of sp³-hybridized carbons (Fsp3) is 0.533. The molecule has 0 radical (unpaired) electrons. The number of nitrogens with zero attached hydrogens (tertiary/aromatic N) is 1. The number of aromatic nitrogens is 1. The van der Waals surface area contributed by atoms with Crippen molar-refractivity contribution in [2.24, 2.45) is 0 Å². The molecule has 1 aliphatic heterocycles. The first-order valence-corrected chi connectivity index (χ1v) is 7.11. The lowest BCUT2D eigenvalue weighted by molar-refractivity contribution is 0.389. The average Bonchev–Trinajstić information content (AvgIpc) is 2.79. The van der Waals surface area contributed by atoms with Gasteiger partial charge in [0, 0.05) is 13.0 Å². The van der Waals surface area contributed by atoms with Gasteiger partial charge in [-0.2, -0.15) is 0 Å². The molecule has 0 saturated carbocycles. The molecule has 19 heavy (non-hydrogen) atoms. The summed E-state index contributed by atoms with van der Waals surface area (Å²) in [6, 6.07) is 6.97. The van der Waals surface area contributed by atoms with Gasteiger partial charge >= 0.3 is 0 Å². The summed E-state index contributed by atoms with van der Waals surface area (Å²) in [5, 5.41) is 7.03. The molecule has 0 spiro atoms. The second-order valence-electron chi connectivity index (χ2n) is 5.26. The van der Waals surface area contributed by atoms with Crippen LogP contribution in [0.15, 0.2) is 22.6 Å². The Hall–Kier alpha value is -1.39. The van der Waals surface area contributed by atoms with Gasteiger partial charge in [-0.3, -0.25) is 0 Å². The fourth-order valence-electron chi connectivity index (χ4n) is 2.69.